The lowest BCUT2D eigenvalue weighted by molar-refractivity contribution is -0.147. The Balaban J connectivity index is 1.69. The molecule has 1 aliphatic heterocycles. The molecule has 1 fully saturated rings. The Morgan fingerprint density at radius 1 is 1.19 bits per heavy atom. The van der Waals surface area contributed by atoms with E-state index in [0.29, 0.717) is 30.5 Å². The average molecular weight is 376 g/mol. The van der Waals surface area contributed by atoms with E-state index in [9.17, 15) is 26.7 Å². The van der Waals surface area contributed by atoms with Crippen molar-refractivity contribution in [3.05, 3.63) is 51.7 Å². The predicted octanol–water partition coefficient (Wildman–Crippen LogP) is 2.72. The Bertz CT molecular complexity index is 849. The van der Waals surface area contributed by atoms with Crippen molar-refractivity contribution >= 4 is 0 Å². The lowest BCUT2D eigenvalue weighted by atomic mass is 10.0. The van der Waals surface area contributed by atoms with Crippen LogP contribution in [0.15, 0.2) is 23.0 Å². The minimum Gasteiger partial charge on any atom is -0.299 e. The van der Waals surface area contributed by atoms with Gasteiger partial charge in [-0.3, -0.25) is 9.47 Å². The molecule has 0 saturated carbocycles. The molecule has 3 rings (SSSR count). The molecular weight excluding hydrogens is 359 g/mol. The molecule has 142 valence electrons. The zero-order valence-corrected chi connectivity index (χ0v) is 13.9. The predicted molar refractivity (Wildman–Crippen MR) is 82.4 cm³/mol. The van der Waals surface area contributed by atoms with Gasteiger partial charge in [-0.2, -0.15) is 13.2 Å². The maximum absolute atomic E-state index is 13.7. The van der Waals surface area contributed by atoms with Crippen LogP contribution in [0.5, 0.6) is 0 Å². The lowest BCUT2D eigenvalue weighted by Crippen LogP contribution is -2.37. The van der Waals surface area contributed by atoms with Crippen molar-refractivity contribution in [1.82, 2.24) is 19.2 Å². The normalized spacial score (nSPS) is 17.0. The summed E-state index contributed by atoms with van der Waals surface area (Å²) in [5.74, 6) is -2.27. The fraction of sp³-hybridized carbons (Fsp3) is 0.500. The van der Waals surface area contributed by atoms with Crippen molar-refractivity contribution in [2.24, 2.45) is 7.05 Å². The third-order valence-electron chi connectivity index (χ3n) is 4.56. The van der Waals surface area contributed by atoms with E-state index in [0.717, 1.165) is 29.9 Å². The van der Waals surface area contributed by atoms with Gasteiger partial charge in [0.2, 0.25) is 5.82 Å². The molecule has 1 saturated heterocycles. The van der Waals surface area contributed by atoms with Crippen LogP contribution >= 0.6 is 0 Å². The number of alkyl halides is 3. The van der Waals surface area contributed by atoms with Crippen molar-refractivity contribution in [1.29, 1.82) is 0 Å². The molecule has 1 aromatic carbocycles. The second-order valence-corrected chi connectivity index (χ2v) is 6.35. The Morgan fingerprint density at radius 2 is 1.85 bits per heavy atom. The summed E-state index contributed by atoms with van der Waals surface area (Å²) in [6.45, 7) is 1.07. The van der Waals surface area contributed by atoms with Crippen molar-refractivity contribution in [2.75, 3.05) is 13.1 Å². The van der Waals surface area contributed by atoms with E-state index in [4.69, 9.17) is 0 Å². The van der Waals surface area contributed by atoms with Crippen molar-refractivity contribution in [3.63, 3.8) is 0 Å². The van der Waals surface area contributed by atoms with E-state index in [1.807, 2.05) is 4.90 Å². The standard InChI is InChI=1S/C16H17F5N4O/c1-23-14(16(19,20)21)22-25(15(23)26)12-4-6-24(7-5-12)9-10-8-11(17)2-3-13(10)18/h2-3,8,12H,4-7,9H2,1H3. The van der Waals surface area contributed by atoms with Crippen molar-refractivity contribution in [2.45, 2.75) is 31.6 Å². The Kier molecular flexibility index (Phi) is 4.87. The highest BCUT2D eigenvalue weighted by Crippen LogP contribution is 2.28. The number of piperidine rings is 1. The van der Waals surface area contributed by atoms with Gasteiger partial charge < -0.3 is 0 Å². The van der Waals surface area contributed by atoms with Crippen molar-refractivity contribution < 1.29 is 22.0 Å². The first-order chi connectivity index (χ1) is 12.2. The molecular formula is C16H17F5N4O. The van der Waals surface area contributed by atoms with Gasteiger partial charge in [-0.05, 0) is 31.0 Å². The zero-order chi connectivity index (χ0) is 19.1. The fourth-order valence-corrected chi connectivity index (χ4v) is 3.17. The number of hydrogen-bond donors (Lipinski definition) is 0. The summed E-state index contributed by atoms with van der Waals surface area (Å²) in [5, 5.41) is 3.45. The van der Waals surface area contributed by atoms with Gasteiger partial charge in [0.25, 0.3) is 0 Å². The van der Waals surface area contributed by atoms with Gasteiger partial charge in [-0.1, -0.05) is 0 Å². The monoisotopic (exact) mass is 376 g/mol. The highest BCUT2D eigenvalue weighted by atomic mass is 19.4. The first-order valence-corrected chi connectivity index (χ1v) is 8.06. The second-order valence-electron chi connectivity index (χ2n) is 6.35. The summed E-state index contributed by atoms with van der Waals surface area (Å²) in [6.07, 6.45) is -3.91. The van der Waals surface area contributed by atoms with E-state index in [1.165, 1.54) is 0 Å². The average Bonchev–Trinajstić information content (AvgIpc) is 2.88. The number of halogens is 5. The summed E-state index contributed by atoms with van der Waals surface area (Å²) < 4.78 is 67.0. The highest BCUT2D eigenvalue weighted by Gasteiger charge is 2.39. The summed E-state index contributed by atoms with van der Waals surface area (Å²) in [6, 6.07) is 2.76. The van der Waals surface area contributed by atoms with Gasteiger partial charge in [0.05, 0.1) is 6.04 Å². The molecule has 0 aliphatic carbocycles. The fourth-order valence-electron chi connectivity index (χ4n) is 3.17. The Labute approximate surface area is 145 Å². The number of hydrogen-bond acceptors (Lipinski definition) is 3. The summed E-state index contributed by atoms with van der Waals surface area (Å²) in [4.78, 5) is 13.9. The van der Waals surface area contributed by atoms with Crippen LogP contribution in [0, 0.1) is 11.6 Å². The van der Waals surface area contributed by atoms with E-state index in [-0.39, 0.29) is 12.1 Å². The van der Waals surface area contributed by atoms with Gasteiger partial charge in [-0.25, -0.2) is 18.3 Å². The third-order valence-corrected chi connectivity index (χ3v) is 4.56. The molecule has 0 amide bonds. The minimum absolute atomic E-state index is 0.196. The highest BCUT2D eigenvalue weighted by molar-refractivity contribution is 5.18. The van der Waals surface area contributed by atoms with Crippen LogP contribution in [-0.4, -0.2) is 32.3 Å². The van der Waals surface area contributed by atoms with Gasteiger partial charge in [-0.15, -0.1) is 5.10 Å². The molecule has 0 bridgehead atoms. The van der Waals surface area contributed by atoms with E-state index < -0.39 is 35.4 Å². The molecule has 2 heterocycles. The maximum Gasteiger partial charge on any atom is 0.451 e. The van der Waals surface area contributed by atoms with Crippen LogP contribution in [0.2, 0.25) is 0 Å². The number of rotatable bonds is 3. The molecule has 2 aromatic rings. The number of aromatic nitrogens is 3. The molecule has 10 heteroatoms. The summed E-state index contributed by atoms with van der Waals surface area (Å²) in [7, 11) is 1.04. The first-order valence-electron chi connectivity index (χ1n) is 8.06. The third kappa shape index (κ3) is 3.64. The van der Waals surface area contributed by atoms with Crippen LogP contribution in [0.1, 0.15) is 30.3 Å². The lowest BCUT2D eigenvalue weighted by Gasteiger charge is -2.31. The Hall–Kier alpha value is -2.23. The van der Waals surface area contributed by atoms with Gasteiger partial charge in [0, 0.05) is 32.2 Å². The van der Waals surface area contributed by atoms with E-state index >= 15 is 0 Å². The summed E-state index contributed by atoms with van der Waals surface area (Å²) >= 11 is 0. The van der Waals surface area contributed by atoms with E-state index in [1.54, 1.807) is 0 Å². The van der Waals surface area contributed by atoms with Crippen molar-refractivity contribution in [3.8, 4) is 0 Å². The van der Waals surface area contributed by atoms with Crippen LogP contribution in [-0.2, 0) is 19.8 Å². The van der Waals surface area contributed by atoms with Gasteiger partial charge in [0.15, 0.2) is 0 Å². The molecule has 0 unspecified atom stereocenters. The molecule has 1 aliphatic rings. The van der Waals surface area contributed by atoms with Gasteiger partial charge >= 0.3 is 11.9 Å². The maximum atomic E-state index is 13.7. The van der Waals surface area contributed by atoms with Crippen LogP contribution < -0.4 is 5.69 Å². The van der Waals surface area contributed by atoms with Gasteiger partial charge in [0.1, 0.15) is 11.6 Å². The van der Waals surface area contributed by atoms with Crippen LogP contribution in [0.25, 0.3) is 0 Å². The SMILES string of the molecule is Cn1c(C(F)(F)F)nn(C2CCN(Cc3cc(F)ccc3F)CC2)c1=O. The molecule has 0 N–H and O–H groups in total. The first kappa shape index (κ1) is 18.6. The smallest absolute Gasteiger partial charge is 0.299 e. The molecule has 1 aromatic heterocycles. The van der Waals surface area contributed by atoms with E-state index in [2.05, 4.69) is 5.10 Å². The number of nitrogens with zero attached hydrogens (tertiary/aromatic N) is 4. The Morgan fingerprint density at radius 3 is 2.42 bits per heavy atom. The zero-order valence-electron chi connectivity index (χ0n) is 13.9. The number of likely N-dealkylation sites (tertiary alicyclic amines) is 1. The minimum atomic E-state index is -4.70. The molecule has 26 heavy (non-hydrogen) atoms. The molecule has 0 atom stereocenters. The quantitative estimate of drug-likeness (QED) is 0.774. The van der Waals surface area contributed by atoms with Crippen LogP contribution in [0.3, 0.4) is 0 Å². The summed E-state index contributed by atoms with van der Waals surface area (Å²) in [5.41, 5.74) is -0.593. The second kappa shape index (κ2) is 6.82. The number of benzene rings is 1. The topological polar surface area (TPSA) is 43.1 Å². The largest absolute Gasteiger partial charge is 0.451 e. The molecule has 5 nitrogen and oxygen atoms in total. The molecule has 0 radical (unpaired) electrons. The molecule has 0 spiro atoms. The van der Waals surface area contributed by atoms with Crippen LogP contribution in [0.4, 0.5) is 22.0 Å².